The molecule has 0 amide bonds. The van der Waals surface area contributed by atoms with E-state index in [-0.39, 0.29) is 17.2 Å². The highest BCUT2D eigenvalue weighted by molar-refractivity contribution is 5.99. The van der Waals surface area contributed by atoms with Crippen LogP contribution < -0.4 is 5.73 Å². The number of nitrogens with zero attached hydrogens (tertiary/aromatic N) is 2. The second kappa shape index (κ2) is 5.38. The maximum absolute atomic E-state index is 12.4. The molecule has 2 aliphatic rings. The highest BCUT2D eigenvalue weighted by Gasteiger charge is 2.38. The van der Waals surface area contributed by atoms with E-state index in [0.717, 1.165) is 0 Å². The molecule has 0 aromatic heterocycles. The third-order valence-corrected chi connectivity index (χ3v) is 4.00. The van der Waals surface area contributed by atoms with Gasteiger partial charge in [0.15, 0.2) is 5.78 Å². The van der Waals surface area contributed by atoms with Crippen LogP contribution in [0.1, 0.15) is 36.3 Å². The van der Waals surface area contributed by atoms with E-state index in [0.29, 0.717) is 41.7 Å². The molecule has 0 fully saturated rings. The second-order valence-electron chi connectivity index (χ2n) is 5.24. The summed E-state index contributed by atoms with van der Waals surface area (Å²) in [5.74, 6) is -0.101. The summed E-state index contributed by atoms with van der Waals surface area (Å²) in [6.07, 6.45) is 1.75. The van der Waals surface area contributed by atoms with Gasteiger partial charge in [-0.2, -0.15) is 10.5 Å². The van der Waals surface area contributed by atoms with Gasteiger partial charge < -0.3 is 10.5 Å². The van der Waals surface area contributed by atoms with Crippen molar-refractivity contribution in [2.45, 2.75) is 25.2 Å². The number of hydrogen-bond donors (Lipinski definition) is 1. The number of rotatable bonds is 1. The number of ketones is 1. The van der Waals surface area contributed by atoms with Crippen LogP contribution in [0.3, 0.4) is 0 Å². The number of nitriles is 2. The van der Waals surface area contributed by atoms with Gasteiger partial charge >= 0.3 is 0 Å². The first-order chi connectivity index (χ1) is 10.7. The molecule has 0 saturated carbocycles. The van der Waals surface area contributed by atoms with Gasteiger partial charge in [0.05, 0.1) is 17.6 Å². The fourth-order valence-corrected chi connectivity index (χ4v) is 3.02. The van der Waals surface area contributed by atoms with Crippen LogP contribution in [0.5, 0.6) is 0 Å². The van der Waals surface area contributed by atoms with Crippen molar-refractivity contribution in [3.05, 3.63) is 58.2 Å². The lowest BCUT2D eigenvalue weighted by molar-refractivity contribution is -0.116. The van der Waals surface area contributed by atoms with Gasteiger partial charge in [-0.05, 0) is 18.1 Å². The van der Waals surface area contributed by atoms with Crippen molar-refractivity contribution < 1.29 is 9.53 Å². The third-order valence-electron chi connectivity index (χ3n) is 4.00. The molecule has 5 nitrogen and oxygen atoms in total. The monoisotopic (exact) mass is 291 g/mol. The molecule has 1 unspecified atom stereocenters. The quantitative estimate of drug-likeness (QED) is 0.856. The second-order valence-corrected chi connectivity index (χ2v) is 5.24. The predicted octanol–water partition coefficient (Wildman–Crippen LogP) is 2.37. The van der Waals surface area contributed by atoms with E-state index in [9.17, 15) is 15.3 Å². The number of allylic oxidation sites excluding steroid dienone is 3. The summed E-state index contributed by atoms with van der Waals surface area (Å²) in [6, 6.07) is 11.1. The van der Waals surface area contributed by atoms with Gasteiger partial charge in [0.1, 0.15) is 17.4 Å². The highest BCUT2D eigenvalue weighted by Crippen LogP contribution is 2.43. The molecule has 0 bridgehead atoms. The molecule has 1 atom stereocenters. The first kappa shape index (κ1) is 13.9. The molecule has 0 saturated heterocycles. The number of carbonyl (C=O) groups excluding carboxylic acids is 1. The first-order valence-corrected chi connectivity index (χ1v) is 7.00. The Morgan fingerprint density at radius 2 is 1.95 bits per heavy atom. The Hall–Kier alpha value is -3.05. The third kappa shape index (κ3) is 2.04. The number of ether oxygens (including phenoxy) is 1. The van der Waals surface area contributed by atoms with E-state index in [1.807, 2.05) is 6.07 Å². The summed E-state index contributed by atoms with van der Waals surface area (Å²) in [7, 11) is 0. The minimum Gasteiger partial charge on any atom is -0.444 e. The number of hydrogen-bond acceptors (Lipinski definition) is 5. The average molecular weight is 291 g/mol. The van der Waals surface area contributed by atoms with E-state index < -0.39 is 5.92 Å². The topological polar surface area (TPSA) is 99.9 Å². The number of carbonyl (C=O) groups is 1. The van der Waals surface area contributed by atoms with Crippen LogP contribution in [0, 0.1) is 22.7 Å². The predicted molar refractivity (Wildman–Crippen MR) is 77.7 cm³/mol. The molecule has 108 valence electrons. The van der Waals surface area contributed by atoms with Gasteiger partial charge in [-0.3, -0.25) is 4.79 Å². The van der Waals surface area contributed by atoms with E-state index in [1.165, 1.54) is 0 Å². The van der Waals surface area contributed by atoms with E-state index in [4.69, 9.17) is 10.5 Å². The zero-order chi connectivity index (χ0) is 15.7. The van der Waals surface area contributed by atoms with Crippen LogP contribution in [0.2, 0.25) is 0 Å². The van der Waals surface area contributed by atoms with E-state index in [1.54, 1.807) is 24.3 Å². The average Bonchev–Trinajstić information content (AvgIpc) is 2.53. The zero-order valence-corrected chi connectivity index (χ0v) is 11.8. The Balaban J connectivity index is 2.26. The lowest BCUT2D eigenvalue weighted by Crippen LogP contribution is -2.27. The largest absolute Gasteiger partial charge is 0.444 e. The van der Waals surface area contributed by atoms with Crippen LogP contribution in [0.15, 0.2) is 47.1 Å². The van der Waals surface area contributed by atoms with Crippen molar-refractivity contribution >= 4 is 5.78 Å². The molecule has 22 heavy (non-hydrogen) atoms. The smallest absolute Gasteiger partial charge is 0.205 e. The molecule has 0 spiro atoms. The van der Waals surface area contributed by atoms with Gasteiger partial charge in [0.2, 0.25) is 5.88 Å². The van der Waals surface area contributed by atoms with E-state index in [2.05, 4.69) is 6.07 Å². The summed E-state index contributed by atoms with van der Waals surface area (Å²) < 4.78 is 5.50. The fourth-order valence-electron chi connectivity index (χ4n) is 3.02. The van der Waals surface area contributed by atoms with Crippen LogP contribution in [-0.2, 0) is 9.53 Å². The van der Waals surface area contributed by atoms with Gasteiger partial charge in [-0.25, -0.2) is 0 Å². The van der Waals surface area contributed by atoms with E-state index >= 15 is 0 Å². The fraction of sp³-hybridized carbons (Fsp3) is 0.235. The maximum atomic E-state index is 12.4. The standard InChI is InChI=1S/C17H13N3O2/c18-8-10-4-1-2-5-11(10)15-12(9-19)17(20)22-14-7-3-6-13(21)16(14)15/h1-2,4-5,15H,3,6-7,20H2. The summed E-state index contributed by atoms with van der Waals surface area (Å²) >= 11 is 0. The first-order valence-electron chi connectivity index (χ1n) is 7.00. The lowest BCUT2D eigenvalue weighted by Gasteiger charge is -2.31. The minimum atomic E-state index is -0.614. The highest BCUT2D eigenvalue weighted by atomic mass is 16.5. The SMILES string of the molecule is N#CC1=C(N)OC2=C(C(=O)CCC2)C1c1ccccc1C#N. The molecule has 1 aromatic carbocycles. The summed E-state index contributed by atoms with van der Waals surface area (Å²) in [6.45, 7) is 0. The molecule has 1 aliphatic carbocycles. The maximum Gasteiger partial charge on any atom is 0.205 e. The Morgan fingerprint density at radius 3 is 2.68 bits per heavy atom. The van der Waals surface area contributed by atoms with Crippen molar-refractivity contribution in [3.8, 4) is 12.1 Å². The molecular formula is C17H13N3O2. The van der Waals surface area contributed by atoms with Gasteiger partial charge in [0, 0.05) is 18.4 Å². The van der Waals surface area contributed by atoms with Gasteiger partial charge in [-0.1, -0.05) is 18.2 Å². The van der Waals surface area contributed by atoms with Crippen molar-refractivity contribution in [2.75, 3.05) is 0 Å². The molecule has 2 N–H and O–H groups in total. The lowest BCUT2D eigenvalue weighted by atomic mass is 9.76. The summed E-state index contributed by atoms with van der Waals surface area (Å²) in [5, 5.41) is 18.8. The van der Waals surface area contributed by atoms with Crippen LogP contribution in [0.4, 0.5) is 0 Å². The summed E-state index contributed by atoms with van der Waals surface area (Å²) in [4.78, 5) is 12.4. The van der Waals surface area contributed by atoms with Crippen LogP contribution in [0.25, 0.3) is 0 Å². The normalized spacial score (nSPS) is 20.8. The molecule has 1 heterocycles. The Labute approximate surface area is 127 Å². The Morgan fingerprint density at radius 1 is 1.18 bits per heavy atom. The van der Waals surface area contributed by atoms with Crippen molar-refractivity contribution in [2.24, 2.45) is 5.73 Å². The van der Waals surface area contributed by atoms with Crippen molar-refractivity contribution in [1.29, 1.82) is 10.5 Å². The van der Waals surface area contributed by atoms with Gasteiger partial charge in [0.25, 0.3) is 0 Å². The number of benzene rings is 1. The molecular weight excluding hydrogens is 278 g/mol. The molecule has 0 radical (unpaired) electrons. The van der Waals surface area contributed by atoms with Crippen molar-refractivity contribution in [1.82, 2.24) is 0 Å². The summed E-state index contributed by atoms with van der Waals surface area (Å²) in [5.41, 5.74) is 7.58. The van der Waals surface area contributed by atoms with Crippen LogP contribution in [-0.4, -0.2) is 5.78 Å². The van der Waals surface area contributed by atoms with Gasteiger partial charge in [-0.15, -0.1) is 0 Å². The number of nitrogens with two attached hydrogens (primary N) is 1. The Bertz CT molecular complexity index is 806. The Kier molecular flexibility index (Phi) is 3.40. The molecule has 5 heteroatoms. The minimum absolute atomic E-state index is 0.0219. The molecule has 1 aliphatic heterocycles. The van der Waals surface area contributed by atoms with Crippen molar-refractivity contribution in [3.63, 3.8) is 0 Å². The molecule has 3 rings (SSSR count). The molecule has 1 aromatic rings. The zero-order valence-electron chi connectivity index (χ0n) is 11.8. The number of Topliss-reactive ketones (excluding diaryl/α,β-unsaturated/α-hetero) is 1. The van der Waals surface area contributed by atoms with Crippen LogP contribution >= 0.6 is 0 Å².